The normalized spacial score (nSPS) is 15.6. The average Bonchev–Trinajstić information content (AvgIpc) is 2.63. The lowest BCUT2D eigenvalue weighted by atomic mass is 10.1. The predicted octanol–water partition coefficient (Wildman–Crippen LogP) is 0.628. The Morgan fingerprint density at radius 1 is 0.923 bits per heavy atom. The Morgan fingerprint density at radius 3 is 1.92 bits per heavy atom. The molecule has 1 aromatic rings. The van der Waals surface area contributed by atoms with Crippen molar-refractivity contribution in [2.75, 3.05) is 52.4 Å². The van der Waals surface area contributed by atoms with Gasteiger partial charge in [0.1, 0.15) is 5.82 Å². The van der Waals surface area contributed by atoms with E-state index in [-0.39, 0.29) is 17.6 Å². The monoisotopic (exact) mass is 364 g/mol. The predicted molar refractivity (Wildman–Crippen MR) is 99.3 cm³/mol. The largest absolute Gasteiger partial charge is 0.355 e. The number of hydrogen-bond donors (Lipinski definition) is 2. The summed E-state index contributed by atoms with van der Waals surface area (Å²) in [6.07, 6.45) is 1.63. The summed E-state index contributed by atoms with van der Waals surface area (Å²) >= 11 is 0. The molecule has 0 spiro atoms. The quantitative estimate of drug-likeness (QED) is 0.675. The van der Waals surface area contributed by atoms with E-state index in [1.807, 2.05) is 6.92 Å². The summed E-state index contributed by atoms with van der Waals surface area (Å²) in [6, 6.07) is 6.33. The van der Waals surface area contributed by atoms with Crippen LogP contribution in [0.1, 0.15) is 18.9 Å². The zero-order chi connectivity index (χ0) is 18.8. The van der Waals surface area contributed by atoms with Gasteiger partial charge >= 0.3 is 0 Å². The van der Waals surface area contributed by atoms with E-state index < -0.39 is 0 Å². The van der Waals surface area contributed by atoms with Crippen LogP contribution in [-0.4, -0.2) is 74.0 Å². The van der Waals surface area contributed by atoms with Crippen molar-refractivity contribution in [3.05, 3.63) is 35.6 Å². The molecular formula is C19H29FN4O2. The Labute approximate surface area is 154 Å². The Kier molecular flexibility index (Phi) is 8.50. The third-order valence-electron chi connectivity index (χ3n) is 4.42. The van der Waals surface area contributed by atoms with E-state index in [0.29, 0.717) is 26.1 Å². The lowest BCUT2D eigenvalue weighted by Gasteiger charge is -2.33. The molecule has 144 valence electrons. The second-order valence-electron chi connectivity index (χ2n) is 6.63. The molecule has 0 unspecified atom stereocenters. The summed E-state index contributed by atoms with van der Waals surface area (Å²) in [5.41, 5.74) is 1.00. The van der Waals surface area contributed by atoms with Gasteiger partial charge in [0, 0.05) is 39.3 Å². The SMILES string of the molecule is CCCNC(=O)CN1CCN(CC(=O)NCCc2ccc(F)cc2)CC1. The van der Waals surface area contributed by atoms with E-state index in [0.717, 1.165) is 44.7 Å². The van der Waals surface area contributed by atoms with E-state index in [4.69, 9.17) is 0 Å². The summed E-state index contributed by atoms with van der Waals surface area (Å²) in [7, 11) is 0. The topological polar surface area (TPSA) is 64.7 Å². The molecule has 2 rings (SSSR count). The van der Waals surface area contributed by atoms with Crippen LogP contribution in [0.4, 0.5) is 4.39 Å². The Balaban J connectivity index is 1.58. The maximum absolute atomic E-state index is 12.8. The molecule has 1 aliphatic rings. The average molecular weight is 364 g/mol. The fourth-order valence-electron chi connectivity index (χ4n) is 2.89. The van der Waals surface area contributed by atoms with Crippen molar-refractivity contribution in [2.45, 2.75) is 19.8 Å². The molecule has 0 radical (unpaired) electrons. The number of benzene rings is 1. The molecule has 1 heterocycles. The zero-order valence-electron chi connectivity index (χ0n) is 15.5. The smallest absolute Gasteiger partial charge is 0.234 e. The number of rotatable bonds is 9. The molecule has 6 nitrogen and oxygen atoms in total. The molecule has 0 aromatic heterocycles. The van der Waals surface area contributed by atoms with Crippen LogP contribution in [0.15, 0.2) is 24.3 Å². The Morgan fingerprint density at radius 2 is 1.42 bits per heavy atom. The van der Waals surface area contributed by atoms with E-state index in [9.17, 15) is 14.0 Å². The molecular weight excluding hydrogens is 335 g/mol. The van der Waals surface area contributed by atoms with Crippen LogP contribution < -0.4 is 10.6 Å². The second kappa shape index (κ2) is 10.9. The third-order valence-corrected chi connectivity index (χ3v) is 4.42. The van der Waals surface area contributed by atoms with Crippen molar-refractivity contribution in [2.24, 2.45) is 0 Å². The molecule has 26 heavy (non-hydrogen) atoms. The number of nitrogens with zero attached hydrogens (tertiary/aromatic N) is 2. The van der Waals surface area contributed by atoms with Crippen LogP contribution in [0.5, 0.6) is 0 Å². The molecule has 1 aliphatic heterocycles. The maximum Gasteiger partial charge on any atom is 0.234 e. The minimum atomic E-state index is -0.250. The number of halogens is 1. The van der Waals surface area contributed by atoms with Crippen LogP contribution in [0.25, 0.3) is 0 Å². The fraction of sp³-hybridized carbons (Fsp3) is 0.579. The molecule has 0 aliphatic carbocycles. The Bertz CT molecular complexity index is 571. The standard InChI is InChI=1S/C19H29FN4O2/c1-2-8-21-18(25)14-23-10-12-24(13-11-23)15-19(26)22-9-7-16-3-5-17(20)6-4-16/h3-6H,2,7-15H2,1H3,(H,21,25)(H,22,26). The number of nitrogens with one attached hydrogen (secondary N) is 2. The fourth-order valence-corrected chi connectivity index (χ4v) is 2.89. The van der Waals surface area contributed by atoms with Crippen molar-refractivity contribution in [1.29, 1.82) is 0 Å². The van der Waals surface area contributed by atoms with Gasteiger partial charge in [-0.3, -0.25) is 19.4 Å². The highest BCUT2D eigenvalue weighted by Gasteiger charge is 2.20. The number of hydrogen-bond acceptors (Lipinski definition) is 4. The molecule has 0 saturated carbocycles. The number of amides is 2. The molecule has 7 heteroatoms. The van der Waals surface area contributed by atoms with Crippen molar-refractivity contribution >= 4 is 11.8 Å². The van der Waals surface area contributed by atoms with E-state index in [1.165, 1.54) is 12.1 Å². The summed E-state index contributed by atoms with van der Waals surface area (Å²) in [4.78, 5) is 28.0. The summed E-state index contributed by atoms with van der Waals surface area (Å²) in [5.74, 6) is -0.181. The number of carbonyl (C=O) groups excluding carboxylic acids is 2. The highest BCUT2D eigenvalue weighted by Crippen LogP contribution is 2.03. The molecule has 1 fully saturated rings. The van der Waals surface area contributed by atoms with Gasteiger partial charge in [0.2, 0.25) is 11.8 Å². The van der Waals surface area contributed by atoms with Crippen LogP contribution in [0.3, 0.4) is 0 Å². The minimum absolute atomic E-state index is 0.00116. The lowest BCUT2D eigenvalue weighted by molar-refractivity contribution is -0.125. The lowest BCUT2D eigenvalue weighted by Crippen LogP contribution is -2.51. The van der Waals surface area contributed by atoms with Gasteiger partial charge in [-0.05, 0) is 30.5 Å². The van der Waals surface area contributed by atoms with Gasteiger partial charge in [0.25, 0.3) is 0 Å². The Hall–Kier alpha value is -1.99. The van der Waals surface area contributed by atoms with Gasteiger partial charge in [-0.25, -0.2) is 4.39 Å². The first-order chi connectivity index (χ1) is 12.6. The second-order valence-corrected chi connectivity index (χ2v) is 6.63. The van der Waals surface area contributed by atoms with Crippen LogP contribution >= 0.6 is 0 Å². The molecule has 2 N–H and O–H groups in total. The molecule has 1 saturated heterocycles. The van der Waals surface area contributed by atoms with Gasteiger partial charge in [-0.2, -0.15) is 0 Å². The van der Waals surface area contributed by atoms with E-state index in [2.05, 4.69) is 20.4 Å². The van der Waals surface area contributed by atoms with Crippen molar-refractivity contribution in [3.8, 4) is 0 Å². The third kappa shape index (κ3) is 7.49. The highest BCUT2D eigenvalue weighted by molar-refractivity contribution is 5.78. The summed E-state index contributed by atoms with van der Waals surface area (Å²) in [6.45, 7) is 7.25. The maximum atomic E-state index is 12.8. The first kappa shape index (κ1) is 20.3. The van der Waals surface area contributed by atoms with E-state index in [1.54, 1.807) is 12.1 Å². The van der Waals surface area contributed by atoms with Gasteiger partial charge in [0.15, 0.2) is 0 Å². The summed E-state index contributed by atoms with van der Waals surface area (Å²) in [5, 5.41) is 5.79. The summed E-state index contributed by atoms with van der Waals surface area (Å²) < 4.78 is 12.8. The number of carbonyl (C=O) groups is 2. The van der Waals surface area contributed by atoms with Gasteiger partial charge in [-0.15, -0.1) is 0 Å². The first-order valence-electron chi connectivity index (χ1n) is 9.29. The number of piperazine rings is 1. The van der Waals surface area contributed by atoms with Gasteiger partial charge in [0.05, 0.1) is 13.1 Å². The van der Waals surface area contributed by atoms with Crippen molar-refractivity contribution in [3.63, 3.8) is 0 Å². The molecule has 1 aromatic carbocycles. The first-order valence-corrected chi connectivity index (χ1v) is 9.29. The molecule has 2 amide bonds. The van der Waals surface area contributed by atoms with E-state index >= 15 is 0 Å². The van der Waals surface area contributed by atoms with Crippen LogP contribution in [-0.2, 0) is 16.0 Å². The molecule has 0 atom stereocenters. The van der Waals surface area contributed by atoms with Gasteiger partial charge < -0.3 is 10.6 Å². The van der Waals surface area contributed by atoms with Crippen LogP contribution in [0.2, 0.25) is 0 Å². The van der Waals surface area contributed by atoms with Gasteiger partial charge in [-0.1, -0.05) is 19.1 Å². The minimum Gasteiger partial charge on any atom is -0.355 e. The van der Waals surface area contributed by atoms with Crippen molar-refractivity contribution < 1.29 is 14.0 Å². The van der Waals surface area contributed by atoms with Crippen LogP contribution in [0, 0.1) is 5.82 Å². The molecule has 0 bridgehead atoms. The highest BCUT2D eigenvalue weighted by atomic mass is 19.1. The zero-order valence-corrected chi connectivity index (χ0v) is 15.5. The van der Waals surface area contributed by atoms with Crippen molar-refractivity contribution in [1.82, 2.24) is 20.4 Å².